The SMILES string of the molecule is CC(CN(C)C(=O)Nc1cccc2cc(Br)cnc12)C(=O)O. The fourth-order valence-corrected chi connectivity index (χ4v) is 2.37. The zero-order chi connectivity index (χ0) is 16.3. The first kappa shape index (κ1) is 16.2. The van der Waals surface area contributed by atoms with Gasteiger partial charge >= 0.3 is 12.0 Å². The van der Waals surface area contributed by atoms with E-state index < -0.39 is 11.9 Å². The minimum absolute atomic E-state index is 0.130. The van der Waals surface area contributed by atoms with Crippen LogP contribution in [0.4, 0.5) is 10.5 Å². The molecule has 1 aromatic heterocycles. The van der Waals surface area contributed by atoms with Gasteiger partial charge in [-0.05, 0) is 28.1 Å². The van der Waals surface area contributed by atoms with Gasteiger partial charge in [0.15, 0.2) is 0 Å². The van der Waals surface area contributed by atoms with Gasteiger partial charge in [0.2, 0.25) is 0 Å². The van der Waals surface area contributed by atoms with Gasteiger partial charge in [-0.25, -0.2) is 4.79 Å². The minimum Gasteiger partial charge on any atom is -0.481 e. The second-order valence-corrected chi connectivity index (χ2v) is 6.00. The number of urea groups is 1. The monoisotopic (exact) mass is 365 g/mol. The van der Waals surface area contributed by atoms with E-state index in [4.69, 9.17) is 5.11 Å². The highest BCUT2D eigenvalue weighted by molar-refractivity contribution is 9.10. The van der Waals surface area contributed by atoms with Crippen LogP contribution in [0.2, 0.25) is 0 Å². The zero-order valence-electron chi connectivity index (χ0n) is 12.2. The van der Waals surface area contributed by atoms with Crippen LogP contribution in [0.3, 0.4) is 0 Å². The van der Waals surface area contributed by atoms with E-state index in [1.165, 1.54) is 4.90 Å². The van der Waals surface area contributed by atoms with Gasteiger partial charge < -0.3 is 15.3 Å². The molecular formula is C15H16BrN3O3. The summed E-state index contributed by atoms with van der Waals surface area (Å²) in [5.41, 5.74) is 1.27. The summed E-state index contributed by atoms with van der Waals surface area (Å²) < 4.78 is 0.857. The van der Waals surface area contributed by atoms with Crippen molar-refractivity contribution in [1.82, 2.24) is 9.88 Å². The Morgan fingerprint density at radius 2 is 2.18 bits per heavy atom. The van der Waals surface area contributed by atoms with E-state index in [9.17, 15) is 9.59 Å². The quantitative estimate of drug-likeness (QED) is 0.871. The average molecular weight is 366 g/mol. The first-order valence-electron chi connectivity index (χ1n) is 6.67. The minimum atomic E-state index is -0.934. The van der Waals surface area contributed by atoms with Gasteiger partial charge in [-0.2, -0.15) is 0 Å². The molecule has 1 unspecified atom stereocenters. The lowest BCUT2D eigenvalue weighted by molar-refractivity contribution is -0.141. The standard InChI is InChI=1S/C15H16BrN3O3/c1-9(14(20)21)8-19(2)15(22)18-12-5-3-4-10-6-11(16)7-17-13(10)12/h3-7,9H,8H2,1-2H3,(H,18,22)(H,20,21). The summed E-state index contributed by atoms with van der Waals surface area (Å²) in [5, 5.41) is 12.6. The molecule has 0 aliphatic heterocycles. The number of benzene rings is 1. The maximum Gasteiger partial charge on any atom is 0.321 e. The zero-order valence-corrected chi connectivity index (χ0v) is 13.8. The number of rotatable bonds is 4. The van der Waals surface area contributed by atoms with Crippen LogP contribution >= 0.6 is 15.9 Å². The molecule has 0 radical (unpaired) electrons. The van der Waals surface area contributed by atoms with E-state index in [1.54, 1.807) is 26.2 Å². The number of carboxylic acid groups (broad SMARTS) is 1. The van der Waals surface area contributed by atoms with Crippen molar-refractivity contribution in [1.29, 1.82) is 0 Å². The summed E-state index contributed by atoms with van der Waals surface area (Å²) in [5.74, 6) is -1.56. The average Bonchev–Trinajstić information content (AvgIpc) is 2.46. The Kier molecular flexibility index (Phi) is 4.97. The van der Waals surface area contributed by atoms with Gasteiger partial charge in [0, 0.05) is 29.6 Å². The second kappa shape index (κ2) is 6.74. The molecule has 116 valence electrons. The second-order valence-electron chi connectivity index (χ2n) is 5.08. The highest BCUT2D eigenvalue weighted by Crippen LogP contribution is 2.24. The summed E-state index contributed by atoms with van der Waals surface area (Å²) in [7, 11) is 1.56. The van der Waals surface area contributed by atoms with Gasteiger partial charge in [-0.3, -0.25) is 9.78 Å². The predicted octanol–water partition coefficient (Wildman–Crippen LogP) is 3.18. The molecular weight excluding hydrogens is 350 g/mol. The number of nitrogens with one attached hydrogen (secondary N) is 1. The maximum atomic E-state index is 12.2. The lowest BCUT2D eigenvalue weighted by Crippen LogP contribution is -2.36. The molecule has 2 amide bonds. The third-order valence-corrected chi connectivity index (χ3v) is 3.67. The Balaban J connectivity index is 2.16. The molecule has 6 nitrogen and oxygen atoms in total. The van der Waals surface area contributed by atoms with Crippen LogP contribution in [-0.2, 0) is 4.79 Å². The lowest BCUT2D eigenvalue weighted by atomic mass is 10.2. The van der Waals surface area contributed by atoms with Crippen LogP contribution in [0.5, 0.6) is 0 Å². The number of amides is 2. The topological polar surface area (TPSA) is 82.5 Å². The number of fused-ring (bicyclic) bond motifs is 1. The number of halogens is 1. The van der Waals surface area contributed by atoms with Crippen molar-refractivity contribution in [2.24, 2.45) is 5.92 Å². The van der Waals surface area contributed by atoms with E-state index in [1.807, 2.05) is 18.2 Å². The molecule has 0 aliphatic carbocycles. The molecule has 0 spiro atoms. The van der Waals surface area contributed by atoms with Gasteiger partial charge in [0.05, 0.1) is 17.1 Å². The molecule has 7 heteroatoms. The Hall–Kier alpha value is -2.15. The maximum absolute atomic E-state index is 12.2. The highest BCUT2D eigenvalue weighted by atomic mass is 79.9. The third-order valence-electron chi connectivity index (χ3n) is 3.24. The summed E-state index contributed by atoms with van der Waals surface area (Å²) in [6.07, 6.45) is 1.66. The van der Waals surface area contributed by atoms with Crippen molar-refractivity contribution in [2.75, 3.05) is 18.9 Å². The molecule has 0 bridgehead atoms. The number of para-hydroxylation sites is 1. The Labute approximate surface area is 136 Å². The number of hydrogen-bond acceptors (Lipinski definition) is 3. The first-order valence-corrected chi connectivity index (χ1v) is 7.47. The third kappa shape index (κ3) is 3.73. The number of carboxylic acids is 1. The van der Waals surface area contributed by atoms with Crippen LogP contribution in [-0.4, -0.2) is 40.6 Å². The fraction of sp³-hybridized carbons (Fsp3) is 0.267. The van der Waals surface area contributed by atoms with Crippen molar-refractivity contribution in [3.8, 4) is 0 Å². The number of aromatic nitrogens is 1. The largest absolute Gasteiger partial charge is 0.481 e. The normalized spacial score (nSPS) is 12.0. The van der Waals surface area contributed by atoms with Gasteiger partial charge in [-0.1, -0.05) is 19.1 Å². The number of nitrogens with zero attached hydrogens (tertiary/aromatic N) is 2. The fourth-order valence-electron chi connectivity index (χ4n) is 2.02. The van der Waals surface area contributed by atoms with Gasteiger partial charge in [0.1, 0.15) is 0 Å². The number of anilines is 1. The van der Waals surface area contributed by atoms with Crippen LogP contribution in [0.15, 0.2) is 34.9 Å². The molecule has 0 fully saturated rings. The van der Waals surface area contributed by atoms with Crippen LogP contribution < -0.4 is 5.32 Å². The van der Waals surface area contributed by atoms with E-state index in [0.29, 0.717) is 11.2 Å². The number of aliphatic carboxylic acids is 1. The molecule has 0 saturated heterocycles. The molecule has 1 heterocycles. The number of carbonyl (C=O) groups excluding carboxylic acids is 1. The van der Waals surface area contributed by atoms with Crippen molar-refractivity contribution < 1.29 is 14.7 Å². The van der Waals surface area contributed by atoms with Crippen molar-refractivity contribution in [3.63, 3.8) is 0 Å². The number of pyridine rings is 1. The highest BCUT2D eigenvalue weighted by Gasteiger charge is 2.18. The summed E-state index contributed by atoms with van der Waals surface area (Å²) in [4.78, 5) is 28.7. The first-order chi connectivity index (χ1) is 10.4. The smallest absolute Gasteiger partial charge is 0.321 e. The van der Waals surface area contributed by atoms with Crippen LogP contribution in [0.1, 0.15) is 6.92 Å². The Morgan fingerprint density at radius 1 is 1.45 bits per heavy atom. The van der Waals surface area contributed by atoms with E-state index in [0.717, 1.165) is 9.86 Å². The van der Waals surface area contributed by atoms with Crippen molar-refractivity contribution in [2.45, 2.75) is 6.92 Å². The predicted molar refractivity (Wildman–Crippen MR) is 87.9 cm³/mol. The van der Waals surface area contributed by atoms with Crippen LogP contribution in [0.25, 0.3) is 10.9 Å². The summed E-state index contributed by atoms with van der Waals surface area (Å²) >= 11 is 3.36. The lowest BCUT2D eigenvalue weighted by Gasteiger charge is -2.20. The van der Waals surface area contributed by atoms with Crippen LogP contribution in [0, 0.1) is 5.92 Å². The Morgan fingerprint density at radius 3 is 2.86 bits per heavy atom. The van der Waals surface area contributed by atoms with Gasteiger partial charge in [0.25, 0.3) is 0 Å². The number of carbonyl (C=O) groups is 2. The van der Waals surface area contributed by atoms with Crippen molar-refractivity contribution >= 4 is 44.5 Å². The van der Waals surface area contributed by atoms with Gasteiger partial charge in [-0.15, -0.1) is 0 Å². The van der Waals surface area contributed by atoms with E-state index >= 15 is 0 Å². The molecule has 0 saturated carbocycles. The Bertz CT molecular complexity index is 720. The van der Waals surface area contributed by atoms with E-state index in [2.05, 4.69) is 26.2 Å². The molecule has 2 N–H and O–H groups in total. The number of hydrogen-bond donors (Lipinski definition) is 2. The molecule has 0 aliphatic rings. The van der Waals surface area contributed by atoms with Crippen molar-refractivity contribution in [3.05, 3.63) is 34.9 Å². The van der Waals surface area contributed by atoms with E-state index in [-0.39, 0.29) is 12.6 Å². The molecule has 22 heavy (non-hydrogen) atoms. The molecule has 1 atom stereocenters. The molecule has 2 rings (SSSR count). The molecule has 2 aromatic rings. The molecule has 1 aromatic carbocycles. The summed E-state index contributed by atoms with van der Waals surface area (Å²) in [6.45, 7) is 1.69. The summed E-state index contributed by atoms with van der Waals surface area (Å²) in [6, 6.07) is 7.03.